The smallest absolute Gasteiger partial charge is 0.330 e. The van der Waals surface area contributed by atoms with Crippen LogP contribution in [-0.4, -0.2) is 19.0 Å². The summed E-state index contributed by atoms with van der Waals surface area (Å²) in [5.41, 5.74) is -1.37. The Kier molecular flexibility index (Phi) is 2.61. The Labute approximate surface area is 81.9 Å². The van der Waals surface area contributed by atoms with E-state index in [0.29, 0.717) is 0 Å². The Balaban J connectivity index is 3.06. The summed E-state index contributed by atoms with van der Waals surface area (Å²) in [5, 5.41) is 0. The van der Waals surface area contributed by atoms with Gasteiger partial charge in [-0.2, -0.15) is 0 Å². The Bertz CT molecular complexity index is 337. The van der Waals surface area contributed by atoms with Gasteiger partial charge in [0.05, 0.1) is 7.11 Å². The van der Waals surface area contributed by atoms with Gasteiger partial charge < -0.3 is 9.47 Å². The van der Waals surface area contributed by atoms with Gasteiger partial charge in [-0.15, -0.1) is 12.3 Å². The summed E-state index contributed by atoms with van der Waals surface area (Å²) in [6, 6.07) is 0. The molecule has 1 unspecified atom stereocenters. The second-order valence-electron chi connectivity index (χ2n) is 3.06. The van der Waals surface area contributed by atoms with Crippen molar-refractivity contribution in [3.8, 4) is 12.3 Å². The van der Waals surface area contributed by atoms with E-state index in [1.165, 1.54) is 7.11 Å². The maximum absolute atomic E-state index is 11.4. The Hall–Kier alpha value is -1.76. The van der Waals surface area contributed by atoms with E-state index < -0.39 is 17.4 Å². The van der Waals surface area contributed by atoms with Gasteiger partial charge in [0.1, 0.15) is 5.76 Å². The molecule has 0 amide bonds. The molecule has 1 aliphatic heterocycles. The van der Waals surface area contributed by atoms with Crippen molar-refractivity contribution in [2.75, 3.05) is 7.11 Å². The number of hydrogen-bond acceptors (Lipinski definition) is 4. The van der Waals surface area contributed by atoms with E-state index in [-0.39, 0.29) is 18.6 Å². The molecule has 4 heteroatoms. The molecule has 1 fully saturated rings. The summed E-state index contributed by atoms with van der Waals surface area (Å²) in [5.74, 6) is 1.18. The highest BCUT2D eigenvalue weighted by Crippen LogP contribution is 2.39. The van der Waals surface area contributed by atoms with Crippen molar-refractivity contribution in [2.45, 2.75) is 12.8 Å². The summed E-state index contributed by atoms with van der Waals surface area (Å²) >= 11 is 0. The molecule has 1 aliphatic rings. The Morgan fingerprint density at radius 3 is 2.86 bits per heavy atom. The van der Waals surface area contributed by atoms with Crippen molar-refractivity contribution in [3.05, 3.63) is 12.3 Å². The minimum absolute atomic E-state index is 0.0302. The number of terminal acetylenes is 1. The normalized spacial score (nSPS) is 25.4. The SMILES string of the molecule is C#CCC1(C(=O)OC)CC(=C)OC1=O. The molecule has 0 aliphatic carbocycles. The van der Waals surface area contributed by atoms with E-state index in [9.17, 15) is 9.59 Å². The van der Waals surface area contributed by atoms with Crippen LogP contribution < -0.4 is 0 Å². The van der Waals surface area contributed by atoms with Gasteiger partial charge in [-0.3, -0.25) is 9.59 Å². The van der Waals surface area contributed by atoms with Crippen LogP contribution in [0.3, 0.4) is 0 Å². The van der Waals surface area contributed by atoms with Crippen molar-refractivity contribution in [1.82, 2.24) is 0 Å². The van der Waals surface area contributed by atoms with Crippen molar-refractivity contribution in [3.63, 3.8) is 0 Å². The van der Waals surface area contributed by atoms with E-state index in [0.717, 1.165) is 0 Å². The largest absolute Gasteiger partial charge is 0.468 e. The van der Waals surface area contributed by atoms with E-state index in [1.54, 1.807) is 0 Å². The predicted octanol–water partition coefficient (Wildman–Crippen LogP) is 0.630. The maximum atomic E-state index is 11.4. The zero-order valence-corrected chi connectivity index (χ0v) is 7.83. The van der Waals surface area contributed by atoms with Crippen molar-refractivity contribution < 1.29 is 19.1 Å². The molecule has 1 atom stereocenters. The van der Waals surface area contributed by atoms with Crippen LogP contribution in [-0.2, 0) is 19.1 Å². The number of hydrogen-bond donors (Lipinski definition) is 0. The number of rotatable bonds is 2. The average Bonchev–Trinajstić information content (AvgIpc) is 2.42. The first kappa shape index (κ1) is 10.3. The number of methoxy groups -OCH3 is 1. The highest BCUT2D eigenvalue weighted by Gasteiger charge is 2.53. The van der Waals surface area contributed by atoms with Gasteiger partial charge in [0.25, 0.3) is 0 Å². The fraction of sp³-hybridized carbons (Fsp3) is 0.400. The molecule has 1 saturated heterocycles. The molecular formula is C10H10O4. The van der Waals surface area contributed by atoms with Crippen molar-refractivity contribution >= 4 is 11.9 Å². The number of carbonyl (C=O) groups excluding carboxylic acids is 2. The number of allylic oxidation sites excluding steroid dienone is 1. The van der Waals surface area contributed by atoms with Gasteiger partial charge in [0, 0.05) is 12.8 Å². The first-order valence-electron chi connectivity index (χ1n) is 3.99. The molecule has 0 aromatic carbocycles. The molecule has 0 spiro atoms. The minimum Gasteiger partial charge on any atom is -0.468 e. The van der Waals surface area contributed by atoms with Gasteiger partial charge in [0.15, 0.2) is 5.41 Å². The Morgan fingerprint density at radius 2 is 2.50 bits per heavy atom. The maximum Gasteiger partial charge on any atom is 0.330 e. The lowest BCUT2D eigenvalue weighted by Gasteiger charge is -2.17. The van der Waals surface area contributed by atoms with Crippen molar-refractivity contribution in [2.24, 2.45) is 5.41 Å². The number of ether oxygens (including phenoxy) is 2. The van der Waals surface area contributed by atoms with Crippen LogP contribution in [0.5, 0.6) is 0 Å². The zero-order valence-electron chi connectivity index (χ0n) is 7.83. The lowest BCUT2D eigenvalue weighted by Crippen LogP contribution is -2.36. The van der Waals surface area contributed by atoms with Crippen LogP contribution in [0.2, 0.25) is 0 Å². The second kappa shape index (κ2) is 3.54. The molecule has 1 heterocycles. The third-order valence-electron chi connectivity index (χ3n) is 2.11. The number of cyclic esters (lactones) is 1. The van der Waals surface area contributed by atoms with Crippen LogP contribution in [0.4, 0.5) is 0 Å². The van der Waals surface area contributed by atoms with Gasteiger partial charge >= 0.3 is 11.9 Å². The molecule has 0 bridgehead atoms. The first-order chi connectivity index (χ1) is 6.56. The fourth-order valence-corrected chi connectivity index (χ4v) is 1.41. The number of esters is 2. The van der Waals surface area contributed by atoms with E-state index in [4.69, 9.17) is 11.2 Å². The lowest BCUT2D eigenvalue weighted by atomic mass is 9.83. The third-order valence-corrected chi connectivity index (χ3v) is 2.11. The molecule has 0 radical (unpaired) electrons. The molecule has 0 N–H and O–H groups in total. The van der Waals surface area contributed by atoms with E-state index in [1.807, 2.05) is 0 Å². The second-order valence-corrected chi connectivity index (χ2v) is 3.06. The predicted molar refractivity (Wildman–Crippen MR) is 47.7 cm³/mol. The summed E-state index contributed by atoms with van der Waals surface area (Å²) in [6.45, 7) is 3.48. The molecule has 0 aromatic heterocycles. The summed E-state index contributed by atoms with van der Waals surface area (Å²) in [6.07, 6.45) is 5.17. The third kappa shape index (κ3) is 1.37. The van der Waals surface area contributed by atoms with E-state index >= 15 is 0 Å². The highest BCUT2D eigenvalue weighted by molar-refractivity contribution is 6.02. The average molecular weight is 194 g/mol. The molecule has 4 nitrogen and oxygen atoms in total. The van der Waals surface area contributed by atoms with Crippen LogP contribution in [0.25, 0.3) is 0 Å². The van der Waals surface area contributed by atoms with Gasteiger partial charge in [-0.05, 0) is 0 Å². The summed E-state index contributed by atoms with van der Waals surface area (Å²) < 4.78 is 9.26. The van der Waals surface area contributed by atoms with E-state index in [2.05, 4.69) is 17.2 Å². The van der Waals surface area contributed by atoms with Crippen LogP contribution >= 0.6 is 0 Å². The monoisotopic (exact) mass is 194 g/mol. The van der Waals surface area contributed by atoms with Gasteiger partial charge in [-0.1, -0.05) is 6.58 Å². The molecule has 0 saturated carbocycles. The van der Waals surface area contributed by atoms with Gasteiger partial charge in [0.2, 0.25) is 0 Å². The number of carbonyl (C=O) groups is 2. The molecule has 0 aromatic rings. The minimum atomic E-state index is -1.37. The van der Waals surface area contributed by atoms with Gasteiger partial charge in [-0.25, -0.2) is 0 Å². The molecule has 1 rings (SSSR count). The molecule has 74 valence electrons. The van der Waals surface area contributed by atoms with Crippen LogP contribution in [0, 0.1) is 17.8 Å². The quantitative estimate of drug-likeness (QED) is 0.367. The Morgan fingerprint density at radius 1 is 1.86 bits per heavy atom. The van der Waals surface area contributed by atoms with Crippen molar-refractivity contribution in [1.29, 1.82) is 0 Å². The standard InChI is InChI=1S/C10H10O4/c1-4-5-10(8(11)13-3)6-7(2)14-9(10)12/h1H,2,5-6H2,3H3. The highest BCUT2D eigenvalue weighted by atomic mass is 16.6. The van der Waals surface area contributed by atoms with Crippen LogP contribution in [0.15, 0.2) is 12.3 Å². The topological polar surface area (TPSA) is 52.6 Å². The van der Waals surface area contributed by atoms with Crippen LogP contribution in [0.1, 0.15) is 12.8 Å². The first-order valence-corrected chi connectivity index (χ1v) is 3.99. The fourth-order valence-electron chi connectivity index (χ4n) is 1.41. The zero-order chi connectivity index (χ0) is 10.8. The molecule has 14 heavy (non-hydrogen) atoms. The molecular weight excluding hydrogens is 184 g/mol. The summed E-state index contributed by atoms with van der Waals surface area (Å²) in [7, 11) is 1.20. The summed E-state index contributed by atoms with van der Waals surface area (Å²) in [4.78, 5) is 22.8. The lowest BCUT2D eigenvalue weighted by molar-refractivity contribution is -0.162.